The minimum Gasteiger partial charge on any atom is -0.511 e. The third kappa shape index (κ3) is 4.50. The zero-order chi connectivity index (χ0) is 30.7. The van der Waals surface area contributed by atoms with Crippen molar-refractivity contribution in [3.63, 3.8) is 0 Å². The number of fused-ring (bicyclic) bond motifs is 5. The zero-order valence-electron chi connectivity index (χ0n) is 25.4. The SMILES string of the molecule is C#C[C@H](O)C1=C(C)C2=NC1=CC1=NC(=CC3=C(C)C4=C(O)CC(=C5NC(=C2)[C@@H](C)[C@@H]5CCC(=O)OC)C4=N3)C(CC)=C1C. The average Bonchev–Trinajstić information content (AvgIpc) is 3.74. The lowest BCUT2D eigenvalue weighted by molar-refractivity contribution is -0.140. The number of carbonyl (C=O) groups excluding carboxylic acids is 1. The molecule has 6 rings (SSSR count). The van der Waals surface area contributed by atoms with Crippen LogP contribution in [-0.2, 0) is 9.53 Å². The van der Waals surface area contributed by atoms with E-state index in [1.165, 1.54) is 7.11 Å². The average molecular weight is 577 g/mol. The van der Waals surface area contributed by atoms with Crippen molar-refractivity contribution in [2.75, 3.05) is 7.11 Å². The molecule has 1 saturated heterocycles. The quantitative estimate of drug-likeness (QED) is 0.291. The Hall–Kier alpha value is -4.48. The maximum Gasteiger partial charge on any atom is 0.305 e. The summed E-state index contributed by atoms with van der Waals surface area (Å²) in [5, 5.41) is 25.7. The molecule has 8 heteroatoms. The second kappa shape index (κ2) is 10.7. The number of allylic oxidation sites excluding steroid dienone is 11. The summed E-state index contributed by atoms with van der Waals surface area (Å²) in [5.41, 5.74) is 12.4. The fraction of sp³-hybridized carbons (Fsp3) is 0.371. The van der Waals surface area contributed by atoms with Gasteiger partial charge in [0.25, 0.3) is 0 Å². The maximum absolute atomic E-state index is 12.2. The van der Waals surface area contributed by atoms with Gasteiger partial charge < -0.3 is 20.3 Å². The van der Waals surface area contributed by atoms with Gasteiger partial charge in [-0.2, -0.15) is 0 Å². The van der Waals surface area contributed by atoms with E-state index in [2.05, 4.69) is 25.1 Å². The van der Waals surface area contributed by atoms with Gasteiger partial charge in [0.1, 0.15) is 11.9 Å². The topological polar surface area (TPSA) is 116 Å². The van der Waals surface area contributed by atoms with Crippen LogP contribution < -0.4 is 5.32 Å². The van der Waals surface area contributed by atoms with E-state index in [9.17, 15) is 15.0 Å². The Morgan fingerprint density at radius 1 is 1.12 bits per heavy atom. The molecule has 1 aliphatic carbocycles. The van der Waals surface area contributed by atoms with Crippen molar-refractivity contribution in [1.82, 2.24) is 5.32 Å². The summed E-state index contributed by atoms with van der Waals surface area (Å²) in [6.45, 7) is 10.2. The van der Waals surface area contributed by atoms with E-state index < -0.39 is 6.10 Å². The first-order valence-electron chi connectivity index (χ1n) is 14.8. The molecule has 43 heavy (non-hydrogen) atoms. The molecular weight excluding hydrogens is 540 g/mol. The Balaban J connectivity index is 1.61. The van der Waals surface area contributed by atoms with Gasteiger partial charge in [-0.1, -0.05) is 19.8 Å². The highest BCUT2D eigenvalue weighted by atomic mass is 16.5. The summed E-state index contributed by atoms with van der Waals surface area (Å²) in [6.07, 6.45) is 12.5. The molecule has 1 fully saturated rings. The fourth-order valence-corrected chi connectivity index (χ4v) is 6.93. The van der Waals surface area contributed by atoms with E-state index in [4.69, 9.17) is 26.1 Å². The number of rotatable bonds is 5. The summed E-state index contributed by atoms with van der Waals surface area (Å²) >= 11 is 0. The Kier molecular flexibility index (Phi) is 7.10. The molecule has 0 amide bonds. The number of carbonyl (C=O) groups is 1. The molecule has 0 aromatic rings. The van der Waals surface area contributed by atoms with E-state index in [0.717, 1.165) is 74.1 Å². The van der Waals surface area contributed by atoms with Crippen molar-refractivity contribution >= 4 is 23.1 Å². The number of hydrogen-bond acceptors (Lipinski definition) is 8. The van der Waals surface area contributed by atoms with Gasteiger partial charge in [0.05, 0.1) is 41.3 Å². The third-order valence-corrected chi connectivity index (χ3v) is 9.42. The molecule has 0 aromatic carbocycles. The van der Waals surface area contributed by atoms with Gasteiger partial charge in [-0.15, -0.1) is 6.42 Å². The molecule has 0 saturated carbocycles. The molecular formula is C35H36N4O4. The molecule has 0 unspecified atom stereocenters. The van der Waals surface area contributed by atoms with Crippen LogP contribution in [0, 0.1) is 24.2 Å². The molecule has 220 valence electrons. The minimum absolute atomic E-state index is 0.00824. The molecule has 5 aliphatic heterocycles. The lowest BCUT2D eigenvalue weighted by Gasteiger charge is -2.17. The molecule has 3 atom stereocenters. The monoisotopic (exact) mass is 576 g/mol. The lowest BCUT2D eigenvalue weighted by atomic mass is 9.86. The predicted molar refractivity (Wildman–Crippen MR) is 168 cm³/mol. The third-order valence-electron chi connectivity index (χ3n) is 9.42. The summed E-state index contributed by atoms with van der Waals surface area (Å²) < 4.78 is 4.96. The first-order valence-corrected chi connectivity index (χ1v) is 14.8. The molecule has 5 heterocycles. The van der Waals surface area contributed by atoms with Gasteiger partial charge in [-0.05, 0) is 74.1 Å². The predicted octanol–water partition coefficient (Wildman–Crippen LogP) is 5.61. The smallest absolute Gasteiger partial charge is 0.305 e. The molecule has 8 bridgehead atoms. The van der Waals surface area contributed by atoms with E-state index in [-0.39, 0.29) is 24.2 Å². The number of nitrogens with one attached hydrogen (secondary N) is 1. The maximum atomic E-state index is 12.2. The Morgan fingerprint density at radius 2 is 1.84 bits per heavy atom. The second-order valence-corrected chi connectivity index (χ2v) is 11.7. The molecule has 0 radical (unpaired) electrons. The number of esters is 1. The van der Waals surface area contributed by atoms with Crippen LogP contribution >= 0.6 is 0 Å². The number of hydrogen-bond donors (Lipinski definition) is 3. The van der Waals surface area contributed by atoms with Crippen LogP contribution in [0.5, 0.6) is 0 Å². The van der Waals surface area contributed by atoms with Crippen LogP contribution in [0.4, 0.5) is 0 Å². The molecule has 8 nitrogen and oxygen atoms in total. The van der Waals surface area contributed by atoms with Gasteiger partial charge in [-0.3, -0.25) is 4.79 Å². The van der Waals surface area contributed by atoms with Crippen LogP contribution in [0.3, 0.4) is 0 Å². The van der Waals surface area contributed by atoms with Crippen molar-refractivity contribution in [3.05, 3.63) is 91.5 Å². The summed E-state index contributed by atoms with van der Waals surface area (Å²) in [7, 11) is 1.40. The molecule has 0 spiro atoms. The normalized spacial score (nSPS) is 25.0. The van der Waals surface area contributed by atoms with Crippen LogP contribution in [0.2, 0.25) is 0 Å². The number of terminal acetylenes is 1. The van der Waals surface area contributed by atoms with Gasteiger partial charge in [-0.25, -0.2) is 15.0 Å². The minimum atomic E-state index is -1.12. The molecule has 6 aliphatic rings. The van der Waals surface area contributed by atoms with E-state index in [1.54, 1.807) is 0 Å². The molecule has 0 aromatic heterocycles. The van der Waals surface area contributed by atoms with Crippen molar-refractivity contribution in [1.29, 1.82) is 0 Å². The van der Waals surface area contributed by atoms with Crippen molar-refractivity contribution in [3.8, 4) is 12.3 Å². The van der Waals surface area contributed by atoms with Gasteiger partial charge in [0.15, 0.2) is 0 Å². The Bertz CT molecular complexity index is 1770. The highest BCUT2D eigenvalue weighted by Gasteiger charge is 2.41. The van der Waals surface area contributed by atoms with Crippen molar-refractivity contribution in [2.24, 2.45) is 26.8 Å². The van der Waals surface area contributed by atoms with Crippen LogP contribution in [-0.4, -0.2) is 46.5 Å². The van der Waals surface area contributed by atoms with Crippen molar-refractivity contribution < 1.29 is 19.7 Å². The number of aliphatic hydroxyl groups is 2. The van der Waals surface area contributed by atoms with Crippen LogP contribution in [0.15, 0.2) is 106 Å². The van der Waals surface area contributed by atoms with Gasteiger partial charge in [0, 0.05) is 52.8 Å². The first-order chi connectivity index (χ1) is 20.6. The summed E-state index contributed by atoms with van der Waals surface area (Å²) in [5.74, 6) is 2.47. The Labute approximate surface area is 252 Å². The van der Waals surface area contributed by atoms with E-state index >= 15 is 0 Å². The van der Waals surface area contributed by atoms with Crippen molar-refractivity contribution in [2.45, 2.75) is 66.4 Å². The van der Waals surface area contributed by atoms with E-state index in [0.29, 0.717) is 35.6 Å². The number of aliphatic imine (C=N–C) groups is 3. The molecule has 3 N–H and O–H groups in total. The second-order valence-electron chi connectivity index (χ2n) is 11.7. The van der Waals surface area contributed by atoms with Gasteiger partial charge in [0.2, 0.25) is 0 Å². The van der Waals surface area contributed by atoms with Crippen LogP contribution in [0.25, 0.3) is 0 Å². The van der Waals surface area contributed by atoms with E-state index in [1.807, 2.05) is 39.0 Å². The largest absolute Gasteiger partial charge is 0.511 e. The number of methoxy groups -OCH3 is 1. The fourth-order valence-electron chi connectivity index (χ4n) is 6.93. The number of nitrogens with zero attached hydrogens (tertiary/aromatic N) is 3. The number of ether oxygens (including phenoxy) is 1. The summed E-state index contributed by atoms with van der Waals surface area (Å²) in [6, 6.07) is 0. The highest BCUT2D eigenvalue weighted by molar-refractivity contribution is 6.21. The lowest BCUT2D eigenvalue weighted by Crippen LogP contribution is -2.16. The number of aliphatic hydroxyl groups excluding tert-OH is 2. The highest BCUT2D eigenvalue weighted by Crippen LogP contribution is 2.46. The zero-order valence-corrected chi connectivity index (χ0v) is 25.4. The first kappa shape index (κ1) is 28.6. The van der Waals surface area contributed by atoms with Gasteiger partial charge >= 0.3 is 5.97 Å². The Morgan fingerprint density at radius 3 is 2.53 bits per heavy atom. The summed E-state index contributed by atoms with van der Waals surface area (Å²) in [4.78, 5) is 27.2. The standard InChI is InChI=1S/C35H36N4O4/c1-8-20-16(3)23-15-28-32(29(40)9-2)18(5)25(37-28)13-24-17(4)21(10-11-31(42)43-7)34(38-24)22-12-30(41)33-19(6)26(39-35(22)33)14-27(20)36-23/h2,13-15,17,21,29,38,40-41H,8,10-12H2,1,3-7H3/t17-,21-,29-/m0/s1. The van der Waals surface area contributed by atoms with Crippen LogP contribution in [0.1, 0.15) is 60.3 Å².